The number of rotatable bonds is 5. The van der Waals surface area contributed by atoms with Crippen LogP contribution in [0.3, 0.4) is 0 Å². The predicted molar refractivity (Wildman–Crippen MR) is 109 cm³/mol. The minimum absolute atomic E-state index is 0.674. The number of benzene rings is 4. The minimum Gasteiger partial charge on any atom is -0.457 e. The first-order valence-corrected chi connectivity index (χ1v) is 8.93. The van der Waals surface area contributed by atoms with Crippen LogP contribution < -0.4 is 9.47 Å². The molecule has 0 atom stereocenters. The first-order chi connectivity index (χ1) is 13.3. The Morgan fingerprint density at radius 3 is 2.19 bits per heavy atom. The molecule has 1 radical (unpaired) electrons. The number of para-hydroxylation sites is 1. The molecule has 4 rings (SSSR count). The first-order valence-electron chi connectivity index (χ1n) is 8.55. The van der Waals surface area contributed by atoms with Crippen LogP contribution in [-0.4, -0.2) is 0 Å². The van der Waals surface area contributed by atoms with Crippen molar-refractivity contribution in [1.82, 2.24) is 0 Å². The molecule has 3 heteroatoms. The van der Waals surface area contributed by atoms with E-state index in [0.717, 1.165) is 34.1 Å². The fourth-order valence-electron chi connectivity index (χ4n) is 2.70. The molecule has 0 aliphatic rings. The highest BCUT2D eigenvalue weighted by Crippen LogP contribution is 2.35. The molecule has 0 aliphatic heterocycles. The topological polar surface area (TPSA) is 18.5 Å². The molecule has 0 N–H and O–H groups in total. The average Bonchev–Trinajstić information content (AvgIpc) is 2.71. The molecule has 0 unspecified atom stereocenters. The summed E-state index contributed by atoms with van der Waals surface area (Å²) in [4.78, 5) is 0. The Bertz CT molecular complexity index is 1030. The van der Waals surface area contributed by atoms with Crippen molar-refractivity contribution in [2.24, 2.45) is 0 Å². The van der Waals surface area contributed by atoms with Gasteiger partial charge in [0.05, 0.1) is 0 Å². The van der Waals surface area contributed by atoms with Gasteiger partial charge in [0, 0.05) is 10.6 Å². The van der Waals surface area contributed by atoms with Crippen molar-refractivity contribution < 1.29 is 9.47 Å². The van der Waals surface area contributed by atoms with Crippen molar-refractivity contribution in [3.8, 4) is 34.1 Å². The van der Waals surface area contributed by atoms with E-state index in [2.05, 4.69) is 6.07 Å². The lowest BCUT2D eigenvalue weighted by molar-refractivity contribution is 0.481. The molecule has 0 aliphatic carbocycles. The highest BCUT2D eigenvalue weighted by atomic mass is 35.5. The molecule has 0 heterocycles. The maximum Gasteiger partial charge on any atom is 0.135 e. The SMILES string of the molecule is Clc1ccc(Oc2ccc[c]c2-c2cccc(Oc3ccccc3)c2)cc1. The zero-order valence-corrected chi connectivity index (χ0v) is 15.2. The molecule has 27 heavy (non-hydrogen) atoms. The van der Waals surface area contributed by atoms with E-state index in [-0.39, 0.29) is 0 Å². The molecule has 0 saturated carbocycles. The first kappa shape index (κ1) is 17.2. The van der Waals surface area contributed by atoms with Gasteiger partial charge < -0.3 is 9.47 Å². The van der Waals surface area contributed by atoms with E-state index >= 15 is 0 Å². The third-order valence-electron chi connectivity index (χ3n) is 3.96. The van der Waals surface area contributed by atoms with Gasteiger partial charge in [-0.3, -0.25) is 0 Å². The van der Waals surface area contributed by atoms with Gasteiger partial charge in [-0.25, -0.2) is 0 Å². The van der Waals surface area contributed by atoms with Crippen molar-refractivity contribution in [2.45, 2.75) is 0 Å². The Balaban J connectivity index is 1.63. The average molecular weight is 372 g/mol. The Morgan fingerprint density at radius 2 is 1.37 bits per heavy atom. The van der Waals surface area contributed by atoms with Crippen LogP contribution in [0, 0.1) is 6.07 Å². The van der Waals surface area contributed by atoms with E-state index in [1.165, 1.54) is 0 Å². The lowest BCUT2D eigenvalue weighted by atomic mass is 10.0. The van der Waals surface area contributed by atoms with E-state index < -0.39 is 0 Å². The smallest absolute Gasteiger partial charge is 0.135 e. The normalized spacial score (nSPS) is 10.4. The monoisotopic (exact) mass is 371 g/mol. The van der Waals surface area contributed by atoms with Crippen molar-refractivity contribution in [3.05, 3.63) is 108 Å². The van der Waals surface area contributed by atoms with Gasteiger partial charge in [-0.05, 0) is 66.2 Å². The molecule has 0 aromatic heterocycles. The van der Waals surface area contributed by atoms with Gasteiger partial charge in [0.1, 0.15) is 23.0 Å². The molecule has 0 bridgehead atoms. The van der Waals surface area contributed by atoms with Crippen LogP contribution in [-0.2, 0) is 0 Å². The van der Waals surface area contributed by atoms with Crippen LogP contribution in [0.15, 0.2) is 97.1 Å². The largest absolute Gasteiger partial charge is 0.457 e. The predicted octanol–water partition coefficient (Wildman–Crippen LogP) is 7.39. The van der Waals surface area contributed by atoms with E-state index in [4.69, 9.17) is 21.1 Å². The standard InChI is InChI=1S/C24H16ClO2/c25-19-13-15-21(16-14-19)27-24-12-5-4-11-23(24)18-7-6-10-22(17-18)26-20-8-2-1-3-9-20/h1-10,12-17H. The number of halogens is 1. The maximum absolute atomic E-state index is 6.05. The van der Waals surface area contributed by atoms with Gasteiger partial charge >= 0.3 is 0 Å². The third-order valence-corrected chi connectivity index (χ3v) is 4.21. The molecule has 4 aromatic carbocycles. The van der Waals surface area contributed by atoms with Crippen LogP contribution >= 0.6 is 11.6 Å². The molecular formula is C24H16ClO2. The molecule has 0 amide bonds. The van der Waals surface area contributed by atoms with E-state index in [0.29, 0.717) is 5.02 Å². The number of ether oxygens (including phenoxy) is 2. The molecule has 0 spiro atoms. The Hall–Kier alpha value is -3.23. The molecule has 131 valence electrons. The Kier molecular flexibility index (Phi) is 5.08. The fraction of sp³-hybridized carbons (Fsp3) is 0. The van der Waals surface area contributed by atoms with E-state index in [1.807, 2.05) is 84.9 Å². The molecule has 0 saturated heterocycles. The summed E-state index contributed by atoms with van der Waals surface area (Å²) in [7, 11) is 0. The van der Waals surface area contributed by atoms with E-state index in [9.17, 15) is 0 Å². The fourth-order valence-corrected chi connectivity index (χ4v) is 2.83. The van der Waals surface area contributed by atoms with Gasteiger partial charge in [-0.2, -0.15) is 0 Å². The lowest BCUT2D eigenvalue weighted by Gasteiger charge is -2.12. The molecular weight excluding hydrogens is 356 g/mol. The maximum atomic E-state index is 6.05. The summed E-state index contributed by atoms with van der Waals surface area (Å²) in [5, 5.41) is 0.674. The van der Waals surface area contributed by atoms with Gasteiger partial charge in [0.15, 0.2) is 0 Å². The van der Waals surface area contributed by atoms with Crippen molar-refractivity contribution in [3.63, 3.8) is 0 Å². The summed E-state index contributed by atoms with van der Waals surface area (Å²) in [6.45, 7) is 0. The van der Waals surface area contributed by atoms with E-state index in [1.54, 1.807) is 12.1 Å². The second-order valence-corrected chi connectivity index (χ2v) is 6.34. The molecule has 4 aromatic rings. The molecule has 0 fully saturated rings. The lowest BCUT2D eigenvalue weighted by Crippen LogP contribution is -1.89. The number of hydrogen-bond donors (Lipinski definition) is 0. The van der Waals surface area contributed by atoms with Crippen molar-refractivity contribution in [2.75, 3.05) is 0 Å². The Morgan fingerprint density at radius 1 is 0.630 bits per heavy atom. The van der Waals surface area contributed by atoms with Gasteiger partial charge in [-0.15, -0.1) is 0 Å². The summed E-state index contributed by atoms with van der Waals surface area (Å²) >= 11 is 5.95. The van der Waals surface area contributed by atoms with Gasteiger partial charge in [0.25, 0.3) is 0 Å². The second kappa shape index (κ2) is 7.98. The highest BCUT2D eigenvalue weighted by molar-refractivity contribution is 6.30. The van der Waals surface area contributed by atoms with Crippen LogP contribution in [0.5, 0.6) is 23.0 Å². The van der Waals surface area contributed by atoms with Gasteiger partial charge in [0.2, 0.25) is 0 Å². The van der Waals surface area contributed by atoms with Crippen LogP contribution in [0.4, 0.5) is 0 Å². The van der Waals surface area contributed by atoms with Crippen molar-refractivity contribution >= 4 is 11.6 Å². The summed E-state index contributed by atoms with van der Waals surface area (Å²) < 4.78 is 12.0. The van der Waals surface area contributed by atoms with Crippen molar-refractivity contribution in [1.29, 1.82) is 0 Å². The summed E-state index contributed by atoms with van der Waals surface area (Å²) in [5.74, 6) is 2.99. The van der Waals surface area contributed by atoms with Crippen LogP contribution in [0.1, 0.15) is 0 Å². The quantitative estimate of drug-likeness (QED) is 0.364. The second-order valence-electron chi connectivity index (χ2n) is 5.91. The number of hydrogen-bond acceptors (Lipinski definition) is 2. The minimum atomic E-state index is 0.674. The van der Waals surface area contributed by atoms with Crippen LogP contribution in [0.2, 0.25) is 5.02 Å². The van der Waals surface area contributed by atoms with Crippen LogP contribution in [0.25, 0.3) is 11.1 Å². The molecule has 2 nitrogen and oxygen atoms in total. The summed E-state index contributed by atoms with van der Waals surface area (Å²) in [6, 6.07) is 33.8. The highest BCUT2D eigenvalue weighted by Gasteiger charge is 2.09. The summed E-state index contributed by atoms with van der Waals surface area (Å²) in [5.41, 5.74) is 1.83. The summed E-state index contributed by atoms with van der Waals surface area (Å²) in [6.07, 6.45) is 0. The third kappa shape index (κ3) is 4.30. The zero-order valence-electron chi connectivity index (χ0n) is 14.4. The van der Waals surface area contributed by atoms with Gasteiger partial charge in [-0.1, -0.05) is 54.1 Å². The zero-order chi connectivity index (χ0) is 18.5. The Labute approximate surface area is 163 Å².